The molecule has 1 saturated carbocycles. The molecule has 2 fully saturated rings. The molecule has 0 radical (unpaired) electrons. The van der Waals surface area contributed by atoms with Crippen LogP contribution in [0.4, 0.5) is 12.9 Å². The van der Waals surface area contributed by atoms with Crippen LogP contribution in [-0.4, -0.2) is 20.2 Å². The van der Waals surface area contributed by atoms with Crippen molar-refractivity contribution in [1.82, 2.24) is 0 Å². The molecule has 1 heterocycles. The van der Waals surface area contributed by atoms with Crippen molar-refractivity contribution in [3.05, 3.63) is 0 Å². The smallest absolute Gasteiger partial charge is 0.449 e. The lowest BCUT2D eigenvalue weighted by Gasteiger charge is -2.37. The van der Waals surface area contributed by atoms with Crippen LogP contribution >= 0.6 is 0 Å². The minimum atomic E-state index is -4.59. The molecule has 0 aromatic carbocycles. The molecular weight excluding hydrogens is 204 g/mol. The molecule has 0 bridgehead atoms. The van der Waals surface area contributed by atoms with Crippen LogP contribution in [0.25, 0.3) is 0 Å². The Morgan fingerprint density at radius 3 is 2.27 bits per heavy atom. The molecule has 5 heteroatoms. The van der Waals surface area contributed by atoms with E-state index < -0.39 is 13.3 Å². The topological polar surface area (TPSA) is 9.23 Å². The monoisotopic (exact) mass is 221 g/mol. The molecule has 2 aliphatic rings. The zero-order valence-electron chi connectivity index (χ0n) is 8.85. The lowest BCUT2D eigenvalue weighted by molar-refractivity contribution is 0.107. The maximum atomic E-state index is 12.2. The van der Waals surface area contributed by atoms with E-state index in [0.29, 0.717) is 0 Å². The second kappa shape index (κ2) is 4.00. The third-order valence-corrected chi connectivity index (χ3v) is 3.95. The lowest BCUT2D eigenvalue weighted by atomic mass is 9.65. The Balaban J connectivity index is 1.81. The van der Waals surface area contributed by atoms with Gasteiger partial charge in [-0.05, 0) is 24.7 Å². The van der Waals surface area contributed by atoms with Gasteiger partial charge in [0.05, 0.1) is 6.61 Å². The second-order valence-electron chi connectivity index (χ2n) is 5.19. The normalized spacial score (nSPS) is 37.4. The van der Waals surface area contributed by atoms with Crippen molar-refractivity contribution in [3.8, 4) is 0 Å². The first-order chi connectivity index (χ1) is 6.99. The number of hydrogen-bond donors (Lipinski definition) is 0. The van der Waals surface area contributed by atoms with E-state index in [0.717, 1.165) is 45.3 Å². The molecule has 0 atom stereocenters. The quantitative estimate of drug-likeness (QED) is 0.649. The highest BCUT2D eigenvalue weighted by molar-refractivity contribution is 6.58. The fourth-order valence-electron chi connectivity index (χ4n) is 2.95. The molecule has 1 saturated heterocycles. The molecule has 0 N–H and O–H groups in total. The number of halogens is 3. The first kappa shape index (κ1) is 11.3. The summed E-state index contributed by atoms with van der Waals surface area (Å²) in [5, 5.41) is 0. The highest BCUT2D eigenvalue weighted by atomic mass is 19.4. The van der Waals surface area contributed by atoms with Crippen LogP contribution in [0.2, 0.25) is 6.32 Å². The molecule has 1 nitrogen and oxygen atoms in total. The first-order valence-corrected chi connectivity index (χ1v) is 5.78. The van der Waals surface area contributed by atoms with Gasteiger partial charge < -0.3 is 17.7 Å². The van der Waals surface area contributed by atoms with E-state index in [1.165, 1.54) is 0 Å². The first-order valence-electron chi connectivity index (χ1n) is 5.78. The zero-order valence-corrected chi connectivity index (χ0v) is 8.85. The molecule has 0 aromatic rings. The van der Waals surface area contributed by atoms with Gasteiger partial charge in [0.1, 0.15) is 0 Å². The molecule has 0 unspecified atom stereocenters. The highest BCUT2D eigenvalue weighted by Crippen LogP contribution is 2.46. The summed E-state index contributed by atoms with van der Waals surface area (Å²) in [5.41, 5.74) is 0.245. The van der Waals surface area contributed by atoms with Gasteiger partial charge >= 0.3 is 6.98 Å². The third-order valence-electron chi connectivity index (χ3n) is 3.95. The Labute approximate surface area is 88.4 Å². The Morgan fingerprint density at radius 2 is 1.80 bits per heavy atom. The summed E-state index contributed by atoms with van der Waals surface area (Å²) in [7, 11) is 0. The van der Waals surface area contributed by atoms with E-state index in [9.17, 15) is 12.9 Å². The van der Waals surface area contributed by atoms with E-state index in [1.807, 2.05) is 0 Å². The SMILES string of the molecule is F[B-](F)(F)CC1CCC2(CCOC2)CC1. The summed E-state index contributed by atoms with van der Waals surface area (Å²) >= 11 is 0. The molecule has 2 rings (SSSR count). The summed E-state index contributed by atoms with van der Waals surface area (Å²) in [6.45, 7) is -3.01. The van der Waals surface area contributed by atoms with Crippen molar-refractivity contribution < 1.29 is 17.7 Å². The summed E-state index contributed by atoms with van der Waals surface area (Å²) in [4.78, 5) is 0. The number of rotatable bonds is 2. The average Bonchev–Trinajstić information content (AvgIpc) is 2.56. The molecule has 88 valence electrons. The predicted molar refractivity (Wildman–Crippen MR) is 53.7 cm³/mol. The van der Waals surface area contributed by atoms with Crippen LogP contribution in [0.15, 0.2) is 0 Å². The van der Waals surface area contributed by atoms with Gasteiger partial charge in [-0.1, -0.05) is 25.1 Å². The molecule has 0 amide bonds. The molecule has 0 aromatic heterocycles. The summed E-state index contributed by atoms with van der Waals surface area (Å²) < 4.78 is 42.1. The second-order valence-corrected chi connectivity index (χ2v) is 5.19. The van der Waals surface area contributed by atoms with Gasteiger partial charge in [0.15, 0.2) is 0 Å². The Morgan fingerprint density at radius 1 is 1.13 bits per heavy atom. The largest absolute Gasteiger partial charge is 0.478 e. The van der Waals surface area contributed by atoms with Crippen LogP contribution in [0.5, 0.6) is 0 Å². The lowest BCUT2D eigenvalue weighted by Crippen LogP contribution is -2.30. The van der Waals surface area contributed by atoms with Crippen molar-refractivity contribution in [2.24, 2.45) is 11.3 Å². The van der Waals surface area contributed by atoms with Crippen molar-refractivity contribution in [1.29, 1.82) is 0 Å². The molecular formula is C10H17BF3O-. The van der Waals surface area contributed by atoms with Gasteiger partial charge in [0, 0.05) is 6.61 Å². The van der Waals surface area contributed by atoms with Gasteiger partial charge in [0.2, 0.25) is 0 Å². The predicted octanol–water partition coefficient (Wildman–Crippen LogP) is 3.43. The van der Waals surface area contributed by atoms with Crippen molar-refractivity contribution in [2.45, 2.75) is 38.4 Å². The van der Waals surface area contributed by atoms with Crippen LogP contribution in [0, 0.1) is 11.3 Å². The minimum absolute atomic E-state index is 0.115. The average molecular weight is 221 g/mol. The van der Waals surface area contributed by atoms with Gasteiger partial charge in [-0.2, -0.15) is 0 Å². The summed E-state index contributed by atoms with van der Waals surface area (Å²) in [6.07, 6.45) is 3.87. The Kier molecular flexibility index (Phi) is 3.01. The standard InChI is InChI=1S/C10H17BF3O/c12-11(13,14)7-9-1-3-10(4-2-9)5-6-15-8-10/h9H,1-8H2/q-1. The van der Waals surface area contributed by atoms with E-state index in [1.54, 1.807) is 0 Å². The minimum Gasteiger partial charge on any atom is -0.449 e. The number of ether oxygens (including phenoxy) is 1. The maximum Gasteiger partial charge on any atom is 0.478 e. The molecule has 1 aliphatic heterocycles. The van der Waals surface area contributed by atoms with E-state index >= 15 is 0 Å². The fourth-order valence-corrected chi connectivity index (χ4v) is 2.95. The zero-order chi connectivity index (χ0) is 10.9. The molecule has 15 heavy (non-hydrogen) atoms. The van der Waals surface area contributed by atoms with Gasteiger partial charge in [-0.15, -0.1) is 0 Å². The van der Waals surface area contributed by atoms with Crippen LogP contribution in [0.3, 0.4) is 0 Å². The summed E-state index contributed by atoms with van der Waals surface area (Å²) in [6, 6.07) is 0. The van der Waals surface area contributed by atoms with Crippen molar-refractivity contribution >= 4 is 6.98 Å². The molecule has 1 spiro atoms. The van der Waals surface area contributed by atoms with Crippen molar-refractivity contribution in [2.75, 3.05) is 13.2 Å². The van der Waals surface area contributed by atoms with Crippen molar-refractivity contribution in [3.63, 3.8) is 0 Å². The van der Waals surface area contributed by atoms with Crippen LogP contribution in [0.1, 0.15) is 32.1 Å². The van der Waals surface area contributed by atoms with E-state index in [-0.39, 0.29) is 11.3 Å². The van der Waals surface area contributed by atoms with Gasteiger partial charge in [-0.3, -0.25) is 0 Å². The van der Waals surface area contributed by atoms with E-state index in [2.05, 4.69) is 0 Å². The van der Waals surface area contributed by atoms with Crippen LogP contribution in [-0.2, 0) is 4.74 Å². The molecule has 1 aliphatic carbocycles. The summed E-state index contributed by atoms with van der Waals surface area (Å²) in [5.74, 6) is -0.115. The third kappa shape index (κ3) is 2.89. The van der Waals surface area contributed by atoms with E-state index in [4.69, 9.17) is 4.74 Å². The van der Waals surface area contributed by atoms with Crippen LogP contribution < -0.4 is 0 Å². The highest BCUT2D eigenvalue weighted by Gasteiger charge is 2.40. The van der Waals surface area contributed by atoms with Gasteiger partial charge in [-0.25, -0.2) is 0 Å². The Hall–Kier alpha value is -0.185. The van der Waals surface area contributed by atoms with Gasteiger partial charge in [0.25, 0.3) is 0 Å². The fraction of sp³-hybridized carbons (Fsp3) is 1.00. The Bertz CT molecular complexity index is 213. The number of hydrogen-bond acceptors (Lipinski definition) is 1. The maximum absolute atomic E-state index is 12.2.